The fourth-order valence-corrected chi connectivity index (χ4v) is 2.02. The molecule has 2 atom stereocenters. The Morgan fingerprint density at radius 2 is 1.76 bits per heavy atom. The van der Waals surface area contributed by atoms with Crippen LogP contribution in [0.2, 0.25) is 0 Å². The first-order chi connectivity index (χ1) is 8.20. The molecule has 90 valence electrons. The van der Waals surface area contributed by atoms with E-state index < -0.39 is 0 Å². The van der Waals surface area contributed by atoms with Gasteiger partial charge in [-0.25, -0.2) is 0 Å². The minimum absolute atomic E-state index is 0.113. The van der Waals surface area contributed by atoms with E-state index in [-0.39, 0.29) is 12.2 Å². The molecule has 0 saturated heterocycles. The molecule has 2 rings (SSSR count). The van der Waals surface area contributed by atoms with Crippen molar-refractivity contribution in [1.29, 1.82) is 0 Å². The van der Waals surface area contributed by atoms with Crippen molar-refractivity contribution in [3.8, 4) is 0 Å². The van der Waals surface area contributed by atoms with E-state index in [2.05, 4.69) is 62.0 Å². The van der Waals surface area contributed by atoms with Crippen LogP contribution in [0.5, 0.6) is 0 Å². The number of thiol groups is 1. The Bertz CT molecular complexity index is 495. The van der Waals surface area contributed by atoms with Crippen LogP contribution in [0.15, 0.2) is 42.5 Å². The molecular weight excluding hydrogens is 228 g/mol. The van der Waals surface area contributed by atoms with Gasteiger partial charge in [0.1, 0.15) is 0 Å². The molecule has 0 aliphatic heterocycles. The molecule has 0 aliphatic rings. The molecule has 2 aromatic carbocycles. The standard InChI is InChI=1S/C15H18OS/c1-11(10-17)16-12(2)14-8-7-13-5-3-4-6-15(13)9-14/h3-9,11-12,17H,10H2,1-2H3. The van der Waals surface area contributed by atoms with Gasteiger partial charge < -0.3 is 4.74 Å². The quantitative estimate of drug-likeness (QED) is 0.794. The maximum absolute atomic E-state index is 5.86. The van der Waals surface area contributed by atoms with Crippen molar-refractivity contribution in [2.75, 3.05) is 5.75 Å². The molecule has 0 amide bonds. The van der Waals surface area contributed by atoms with Gasteiger partial charge in [-0.2, -0.15) is 12.6 Å². The molecule has 0 fully saturated rings. The highest BCUT2D eigenvalue weighted by molar-refractivity contribution is 7.80. The highest BCUT2D eigenvalue weighted by atomic mass is 32.1. The van der Waals surface area contributed by atoms with E-state index in [0.29, 0.717) is 0 Å². The number of benzene rings is 2. The zero-order valence-corrected chi connectivity index (χ0v) is 11.2. The molecule has 2 unspecified atom stereocenters. The second kappa shape index (κ2) is 5.56. The van der Waals surface area contributed by atoms with Crippen molar-refractivity contribution in [3.05, 3.63) is 48.0 Å². The first-order valence-electron chi connectivity index (χ1n) is 5.95. The minimum atomic E-state index is 0.113. The Morgan fingerprint density at radius 1 is 1.06 bits per heavy atom. The zero-order chi connectivity index (χ0) is 12.3. The minimum Gasteiger partial charge on any atom is -0.370 e. The van der Waals surface area contributed by atoms with Gasteiger partial charge in [0.2, 0.25) is 0 Å². The molecule has 2 aromatic rings. The maximum Gasteiger partial charge on any atom is 0.0801 e. The van der Waals surface area contributed by atoms with Crippen LogP contribution in [0.25, 0.3) is 10.8 Å². The van der Waals surface area contributed by atoms with Crippen LogP contribution < -0.4 is 0 Å². The molecule has 0 heterocycles. The van der Waals surface area contributed by atoms with Gasteiger partial charge in [-0.05, 0) is 36.2 Å². The molecule has 0 spiro atoms. The molecule has 17 heavy (non-hydrogen) atoms. The van der Waals surface area contributed by atoms with Crippen LogP contribution >= 0.6 is 12.6 Å². The Hall–Kier alpha value is -0.990. The highest BCUT2D eigenvalue weighted by Gasteiger charge is 2.09. The number of ether oxygens (including phenoxy) is 1. The van der Waals surface area contributed by atoms with Crippen LogP contribution in [0, 0.1) is 0 Å². The second-order valence-electron chi connectivity index (χ2n) is 4.38. The average molecular weight is 246 g/mol. The molecule has 1 nitrogen and oxygen atoms in total. The summed E-state index contributed by atoms with van der Waals surface area (Å²) in [5, 5.41) is 2.53. The monoisotopic (exact) mass is 246 g/mol. The van der Waals surface area contributed by atoms with E-state index in [0.717, 1.165) is 5.75 Å². The van der Waals surface area contributed by atoms with Crippen LogP contribution in [-0.2, 0) is 4.74 Å². The summed E-state index contributed by atoms with van der Waals surface area (Å²) in [6.45, 7) is 4.13. The van der Waals surface area contributed by atoms with Gasteiger partial charge in [0.05, 0.1) is 12.2 Å². The molecule has 0 saturated carbocycles. The highest BCUT2D eigenvalue weighted by Crippen LogP contribution is 2.23. The first-order valence-corrected chi connectivity index (χ1v) is 6.59. The van der Waals surface area contributed by atoms with Gasteiger partial charge in [0, 0.05) is 5.75 Å². The van der Waals surface area contributed by atoms with E-state index in [9.17, 15) is 0 Å². The topological polar surface area (TPSA) is 9.23 Å². The Morgan fingerprint density at radius 3 is 2.47 bits per heavy atom. The molecule has 0 bridgehead atoms. The summed E-state index contributed by atoms with van der Waals surface area (Å²) in [7, 11) is 0. The molecule has 2 heteroatoms. The van der Waals surface area contributed by atoms with Crippen LogP contribution in [0.3, 0.4) is 0 Å². The second-order valence-corrected chi connectivity index (χ2v) is 4.74. The van der Waals surface area contributed by atoms with Gasteiger partial charge in [-0.3, -0.25) is 0 Å². The predicted molar refractivity (Wildman–Crippen MR) is 76.8 cm³/mol. The van der Waals surface area contributed by atoms with Crippen molar-refractivity contribution >= 4 is 23.4 Å². The van der Waals surface area contributed by atoms with Crippen LogP contribution in [0.4, 0.5) is 0 Å². The van der Waals surface area contributed by atoms with Crippen molar-refractivity contribution in [1.82, 2.24) is 0 Å². The Balaban J connectivity index is 2.23. The molecule has 0 aromatic heterocycles. The third-order valence-corrected chi connectivity index (χ3v) is 3.45. The van der Waals surface area contributed by atoms with E-state index in [1.165, 1.54) is 16.3 Å². The molecule has 0 aliphatic carbocycles. The number of fused-ring (bicyclic) bond motifs is 1. The fraction of sp³-hybridized carbons (Fsp3) is 0.333. The number of rotatable bonds is 4. The van der Waals surface area contributed by atoms with Crippen molar-refractivity contribution < 1.29 is 4.74 Å². The van der Waals surface area contributed by atoms with Gasteiger partial charge in [0.25, 0.3) is 0 Å². The SMILES string of the molecule is CC(CS)OC(C)c1ccc2ccccc2c1. The smallest absolute Gasteiger partial charge is 0.0801 e. The third kappa shape index (κ3) is 3.02. The first kappa shape index (κ1) is 12.5. The normalized spacial score (nSPS) is 14.8. The average Bonchev–Trinajstić information content (AvgIpc) is 2.38. The summed E-state index contributed by atoms with van der Waals surface area (Å²) in [6.07, 6.45) is 0.293. The lowest BCUT2D eigenvalue weighted by Gasteiger charge is -2.18. The van der Waals surface area contributed by atoms with Gasteiger partial charge in [-0.1, -0.05) is 36.4 Å². The van der Waals surface area contributed by atoms with Crippen molar-refractivity contribution in [2.45, 2.75) is 26.1 Å². The van der Waals surface area contributed by atoms with E-state index in [1.54, 1.807) is 0 Å². The largest absolute Gasteiger partial charge is 0.370 e. The molecular formula is C15H18OS. The summed E-state index contributed by atoms with van der Waals surface area (Å²) in [4.78, 5) is 0. The fourth-order valence-electron chi connectivity index (χ4n) is 1.93. The van der Waals surface area contributed by atoms with Crippen LogP contribution in [-0.4, -0.2) is 11.9 Å². The lowest BCUT2D eigenvalue weighted by atomic mass is 10.0. The summed E-state index contributed by atoms with van der Waals surface area (Å²) >= 11 is 4.24. The lowest BCUT2D eigenvalue weighted by molar-refractivity contribution is 0.0207. The Kier molecular flexibility index (Phi) is 4.08. The number of hydrogen-bond acceptors (Lipinski definition) is 2. The summed E-state index contributed by atoms with van der Waals surface area (Å²) < 4.78 is 5.86. The molecule has 0 N–H and O–H groups in total. The van der Waals surface area contributed by atoms with Crippen molar-refractivity contribution in [2.24, 2.45) is 0 Å². The van der Waals surface area contributed by atoms with E-state index in [1.807, 2.05) is 6.92 Å². The lowest BCUT2D eigenvalue weighted by Crippen LogP contribution is -2.12. The van der Waals surface area contributed by atoms with E-state index in [4.69, 9.17) is 4.74 Å². The molecule has 0 radical (unpaired) electrons. The van der Waals surface area contributed by atoms with Gasteiger partial charge >= 0.3 is 0 Å². The third-order valence-electron chi connectivity index (χ3n) is 2.94. The van der Waals surface area contributed by atoms with E-state index >= 15 is 0 Å². The van der Waals surface area contributed by atoms with Crippen LogP contribution in [0.1, 0.15) is 25.5 Å². The summed E-state index contributed by atoms with van der Waals surface area (Å²) in [6, 6.07) is 14.9. The predicted octanol–water partition coefficient (Wildman–Crippen LogP) is 4.24. The zero-order valence-electron chi connectivity index (χ0n) is 10.3. The van der Waals surface area contributed by atoms with Crippen molar-refractivity contribution in [3.63, 3.8) is 0 Å². The summed E-state index contributed by atoms with van der Waals surface area (Å²) in [5.74, 6) is 0.748. The number of hydrogen-bond donors (Lipinski definition) is 1. The van der Waals surface area contributed by atoms with Gasteiger partial charge in [-0.15, -0.1) is 0 Å². The Labute approximate surface area is 108 Å². The van der Waals surface area contributed by atoms with Gasteiger partial charge in [0.15, 0.2) is 0 Å². The summed E-state index contributed by atoms with van der Waals surface area (Å²) in [5.41, 5.74) is 1.22. The maximum atomic E-state index is 5.86.